The Morgan fingerprint density at radius 1 is 1.15 bits per heavy atom. The summed E-state index contributed by atoms with van der Waals surface area (Å²) >= 11 is 0. The predicted octanol–water partition coefficient (Wildman–Crippen LogP) is 3.10. The Morgan fingerprint density at radius 3 is 2.67 bits per heavy atom. The molecule has 2 aliphatic rings. The molecular formula is C21H21FN2O3. The Bertz CT molecular complexity index is 883. The van der Waals surface area contributed by atoms with Gasteiger partial charge >= 0.3 is 0 Å². The van der Waals surface area contributed by atoms with E-state index in [0.717, 1.165) is 6.42 Å². The number of amides is 2. The molecule has 2 saturated heterocycles. The van der Waals surface area contributed by atoms with Crippen LogP contribution in [0.25, 0.3) is 0 Å². The molecule has 2 aromatic carbocycles. The summed E-state index contributed by atoms with van der Waals surface area (Å²) in [5.74, 6) is 0.306. The SMILES string of the molecule is COc1cccc(C(=O)N2CCC3(CC(=O)N(c4ccc(F)cc4)C3)C2)c1. The van der Waals surface area contributed by atoms with Gasteiger partial charge in [0.2, 0.25) is 5.91 Å². The molecule has 1 spiro atoms. The fourth-order valence-electron chi connectivity index (χ4n) is 4.07. The van der Waals surface area contributed by atoms with Gasteiger partial charge in [-0.05, 0) is 48.9 Å². The summed E-state index contributed by atoms with van der Waals surface area (Å²) in [6.07, 6.45) is 1.19. The molecule has 0 aliphatic carbocycles. The van der Waals surface area contributed by atoms with Crippen molar-refractivity contribution in [1.82, 2.24) is 4.90 Å². The molecule has 2 aromatic rings. The van der Waals surface area contributed by atoms with Gasteiger partial charge in [0.15, 0.2) is 0 Å². The third kappa shape index (κ3) is 3.27. The number of methoxy groups -OCH3 is 1. The summed E-state index contributed by atoms with van der Waals surface area (Å²) in [4.78, 5) is 28.9. The first-order valence-electron chi connectivity index (χ1n) is 8.99. The molecule has 1 atom stereocenters. The molecule has 5 nitrogen and oxygen atoms in total. The fourth-order valence-corrected chi connectivity index (χ4v) is 4.07. The number of ether oxygens (including phenoxy) is 1. The zero-order valence-electron chi connectivity index (χ0n) is 15.2. The first kappa shape index (κ1) is 17.5. The van der Waals surface area contributed by atoms with Gasteiger partial charge < -0.3 is 14.5 Å². The maximum absolute atomic E-state index is 13.2. The Balaban J connectivity index is 1.49. The van der Waals surface area contributed by atoms with Crippen molar-refractivity contribution < 1.29 is 18.7 Å². The van der Waals surface area contributed by atoms with E-state index in [1.165, 1.54) is 12.1 Å². The Hall–Kier alpha value is -2.89. The lowest BCUT2D eigenvalue weighted by Crippen LogP contribution is -2.34. The zero-order chi connectivity index (χ0) is 19.0. The highest BCUT2D eigenvalue weighted by Gasteiger charge is 2.48. The Morgan fingerprint density at radius 2 is 1.93 bits per heavy atom. The predicted molar refractivity (Wildman–Crippen MR) is 99.3 cm³/mol. The summed E-state index contributed by atoms with van der Waals surface area (Å²) in [5.41, 5.74) is 1.06. The molecule has 4 rings (SSSR count). The number of carbonyl (C=O) groups is 2. The van der Waals surface area contributed by atoms with Crippen LogP contribution < -0.4 is 9.64 Å². The topological polar surface area (TPSA) is 49.9 Å². The van der Waals surface area contributed by atoms with Crippen LogP contribution in [0, 0.1) is 11.2 Å². The van der Waals surface area contributed by atoms with E-state index in [1.54, 1.807) is 48.4 Å². The van der Waals surface area contributed by atoms with Gasteiger partial charge in [-0.15, -0.1) is 0 Å². The van der Waals surface area contributed by atoms with Gasteiger partial charge in [-0.1, -0.05) is 6.07 Å². The number of rotatable bonds is 3. The second-order valence-corrected chi connectivity index (χ2v) is 7.34. The van der Waals surface area contributed by atoms with Gasteiger partial charge in [0.1, 0.15) is 11.6 Å². The molecule has 6 heteroatoms. The number of halogens is 1. The summed E-state index contributed by atoms with van der Waals surface area (Å²) in [6.45, 7) is 1.73. The summed E-state index contributed by atoms with van der Waals surface area (Å²) < 4.78 is 18.4. The average Bonchev–Trinajstić information content (AvgIpc) is 3.24. The van der Waals surface area contributed by atoms with Crippen LogP contribution in [-0.4, -0.2) is 43.5 Å². The van der Waals surface area contributed by atoms with Gasteiger partial charge in [-0.3, -0.25) is 9.59 Å². The van der Waals surface area contributed by atoms with Crippen molar-refractivity contribution >= 4 is 17.5 Å². The minimum atomic E-state index is -0.323. The smallest absolute Gasteiger partial charge is 0.254 e. The van der Waals surface area contributed by atoms with Crippen molar-refractivity contribution in [3.63, 3.8) is 0 Å². The van der Waals surface area contributed by atoms with Crippen molar-refractivity contribution in [1.29, 1.82) is 0 Å². The van der Waals surface area contributed by atoms with Crippen molar-refractivity contribution in [2.24, 2.45) is 5.41 Å². The van der Waals surface area contributed by atoms with Gasteiger partial charge in [0, 0.05) is 42.7 Å². The van der Waals surface area contributed by atoms with Crippen LogP contribution in [0.2, 0.25) is 0 Å². The highest BCUT2D eigenvalue weighted by atomic mass is 19.1. The molecule has 0 N–H and O–H groups in total. The molecule has 2 fully saturated rings. The number of nitrogens with zero attached hydrogens (tertiary/aromatic N) is 2. The van der Waals surface area contributed by atoms with Crippen molar-refractivity contribution in [2.75, 3.05) is 31.6 Å². The molecule has 0 saturated carbocycles. The lowest BCUT2D eigenvalue weighted by atomic mass is 9.86. The molecule has 2 amide bonds. The molecular weight excluding hydrogens is 347 g/mol. The van der Waals surface area contributed by atoms with E-state index in [9.17, 15) is 14.0 Å². The van der Waals surface area contributed by atoms with Crippen LogP contribution in [0.5, 0.6) is 5.75 Å². The van der Waals surface area contributed by atoms with Crippen molar-refractivity contribution in [2.45, 2.75) is 12.8 Å². The molecule has 1 unspecified atom stereocenters. The number of benzene rings is 2. The van der Waals surface area contributed by atoms with Crippen LogP contribution >= 0.6 is 0 Å². The van der Waals surface area contributed by atoms with E-state index in [4.69, 9.17) is 4.74 Å². The highest BCUT2D eigenvalue weighted by Crippen LogP contribution is 2.42. The second-order valence-electron chi connectivity index (χ2n) is 7.34. The average molecular weight is 368 g/mol. The maximum Gasteiger partial charge on any atom is 0.254 e. The van der Waals surface area contributed by atoms with E-state index in [1.807, 2.05) is 4.90 Å². The minimum absolute atomic E-state index is 0.0253. The first-order valence-corrected chi connectivity index (χ1v) is 8.99. The van der Waals surface area contributed by atoms with Crippen LogP contribution in [0.3, 0.4) is 0 Å². The third-order valence-electron chi connectivity index (χ3n) is 5.50. The van der Waals surface area contributed by atoms with E-state index in [-0.39, 0.29) is 23.0 Å². The van der Waals surface area contributed by atoms with Crippen molar-refractivity contribution in [3.8, 4) is 5.75 Å². The minimum Gasteiger partial charge on any atom is -0.497 e. The monoisotopic (exact) mass is 368 g/mol. The van der Waals surface area contributed by atoms with Gasteiger partial charge in [0.05, 0.1) is 7.11 Å². The van der Waals surface area contributed by atoms with Crippen LogP contribution in [0.4, 0.5) is 10.1 Å². The molecule has 27 heavy (non-hydrogen) atoms. The van der Waals surface area contributed by atoms with Gasteiger partial charge in [0.25, 0.3) is 5.91 Å². The van der Waals surface area contributed by atoms with Crippen LogP contribution in [-0.2, 0) is 4.79 Å². The second kappa shape index (κ2) is 6.68. The van der Waals surface area contributed by atoms with Gasteiger partial charge in [-0.25, -0.2) is 4.39 Å². The van der Waals surface area contributed by atoms with E-state index in [0.29, 0.717) is 43.1 Å². The number of hydrogen-bond acceptors (Lipinski definition) is 3. The fraction of sp³-hybridized carbons (Fsp3) is 0.333. The lowest BCUT2D eigenvalue weighted by molar-refractivity contribution is -0.117. The molecule has 2 aliphatic heterocycles. The van der Waals surface area contributed by atoms with Crippen LogP contribution in [0.1, 0.15) is 23.2 Å². The third-order valence-corrected chi connectivity index (χ3v) is 5.50. The molecule has 0 aromatic heterocycles. The van der Waals surface area contributed by atoms with E-state index >= 15 is 0 Å². The zero-order valence-corrected chi connectivity index (χ0v) is 15.2. The van der Waals surface area contributed by atoms with E-state index in [2.05, 4.69) is 0 Å². The Labute approximate surface area is 157 Å². The highest BCUT2D eigenvalue weighted by molar-refractivity contribution is 5.97. The number of likely N-dealkylation sites (tertiary alicyclic amines) is 1. The summed E-state index contributed by atoms with van der Waals surface area (Å²) in [7, 11) is 1.57. The largest absolute Gasteiger partial charge is 0.497 e. The quantitative estimate of drug-likeness (QED) is 0.837. The number of anilines is 1. The molecule has 0 bridgehead atoms. The van der Waals surface area contributed by atoms with E-state index < -0.39 is 0 Å². The first-order chi connectivity index (χ1) is 13.0. The normalized spacial score (nSPS) is 21.9. The summed E-state index contributed by atoms with van der Waals surface area (Å²) in [6, 6.07) is 13.1. The number of hydrogen-bond donors (Lipinski definition) is 0. The van der Waals surface area contributed by atoms with Crippen LogP contribution in [0.15, 0.2) is 48.5 Å². The summed E-state index contributed by atoms with van der Waals surface area (Å²) in [5, 5.41) is 0. The number of carbonyl (C=O) groups excluding carboxylic acids is 2. The maximum atomic E-state index is 13.2. The molecule has 2 heterocycles. The van der Waals surface area contributed by atoms with Gasteiger partial charge in [-0.2, -0.15) is 0 Å². The lowest BCUT2D eigenvalue weighted by Gasteiger charge is -2.24. The Kier molecular flexibility index (Phi) is 4.34. The standard InChI is InChI=1S/C21H21FN2O3/c1-27-18-4-2-3-15(11-18)20(26)23-10-9-21(13-23)12-19(25)24(14-21)17-7-5-16(22)6-8-17/h2-8,11H,9-10,12-14H2,1H3. The van der Waals surface area contributed by atoms with Crippen molar-refractivity contribution in [3.05, 3.63) is 59.9 Å². The molecule has 0 radical (unpaired) electrons. The molecule has 140 valence electrons.